The lowest BCUT2D eigenvalue weighted by Gasteiger charge is -2.08. The molecule has 0 unspecified atom stereocenters. The Morgan fingerprint density at radius 1 is 1.25 bits per heavy atom. The Bertz CT molecular complexity index is 905. The lowest BCUT2D eigenvalue weighted by atomic mass is 10.2. The maximum Gasteiger partial charge on any atom is 0.339 e. The van der Waals surface area contributed by atoms with Crippen LogP contribution < -0.4 is 11.1 Å². The molecule has 2 heterocycles. The zero-order chi connectivity index (χ0) is 17.1. The number of benzene rings is 1. The number of hydrogen-bond acceptors (Lipinski definition) is 7. The van der Waals surface area contributed by atoms with Crippen molar-refractivity contribution < 1.29 is 14.3 Å². The Kier molecular flexibility index (Phi) is 4.39. The topological polar surface area (TPSA) is 107 Å². The number of rotatable bonds is 5. The monoisotopic (exact) mass is 342 g/mol. The average Bonchev–Trinajstić information content (AvgIpc) is 3.01. The number of esters is 1. The molecule has 1 aromatic carbocycles. The minimum absolute atomic E-state index is 0.293. The van der Waals surface area contributed by atoms with E-state index < -0.39 is 11.9 Å². The maximum atomic E-state index is 12.1. The fourth-order valence-corrected chi connectivity index (χ4v) is 3.06. The number of thiophene rings is 1. The van der Waals surface area contributed by atoms with Crippen LogP contribution in [0.5, 0.6) is 0 Å². The maximum absolute atomic E-state index is 12.1. The molecule has 0 radical (unpaired) electrons. The van der Waals surface area contributed by atoms with Crippen LogP contribution in [0.4, 0.5) is 11.5 Å². The number of carbonyl (C=O) groups excluding carboxylic acids is 2. The van der Waals surface area contributed by atoms with Gasteiger partial charge in [0.2, 0.25) is 5.91 Å². The lowest BCUT2D eigenvalue weighted by Crippen LogP contribution is -2.10. The van der Waals surface area contributed by atoms with Gasteiger partial charge in [-0.3, -0.25) is 4.79 Å². The molecule has 122 valence electrons. The molecule has 24 heavy (non-hydrogen) atoms. The number of ether oxygens (including phenoxy) is 1. The third-order valence-corrected chi connectivity index (χ3v) is 4.18. The number of fused-ring (bicyclic) bond motifs is 1. The van der Waals surface area contributed by atoms with E-state index in [9.17, 15) is 9.59 Å². The molecule has 1 amide bonds. The summed E-state index contributed by atoms with van der Waals surface area (Å²) in [6.07, 6.45) is 1.42. The summed E-state index contributed by atoms with van der Waals surface area (Å²) in [5.41, 5.74) is 6.78. The molecule has 0 aliphatic rings. The Hall–Kier alpha value is -3.00. The quantitative estimate of drug-likeness (QED) is 0.690. The Morgan fingerprint density at radius 3 is 2.67 bits per heavy atom. The molecule has 0 spiro atoms. The van der Waals surface area contributed by atoms with Gasteiger partial charge >= 0.3 is 5.97 Å². The summed E-state index contributed by atoms with van der Waals surface area (Å²) in [6, 6.07) is 6.65. The molecule has 3 aromatic rings. The molecule has 0 aliphatic heterocycles. The standard InChI is InChI=1S/C16H14N4O3S/c1-2-23-16(22)11-7-24-15-12(11)14(18-8-19-15)20-10-5-3-9(4-6-10)13(17)21/h3-8H,2H2,1H3,(H2,17,21)(H,18,19,20). The second kappa shape index (κ2) is 6.63. The average molecular weight is 342 g/mol. The van der Waals surface area contributed by atoms with Crippen molar-refractivity contribution in [2.45, 2.75) is 6.92 Å². The van der Waals surface area contributed by atoms with E-state index in [-0.39, 0.29) is 0 Å². The second-order valence-electron chi connectivity index (χ2n) is 4.84. The highest BCUT2D eigenvalue weighted by Crippen LogP contribution is 2.31. The first-order valence-electron chi connectivity index (χ1n) is 7.16. The highest BCUT2D eigenvalue weighted by Gasteiger charge is 2.18. The van der Waals surface area contributed by atoms with Crippen molar-refractivity contribution >= 4 is 44.9 Å². The fraction of sp³-hybridized carbons (Fsp3) is 0.125. The fourth-order valence-electron chi connectivity index (χ4n) is 2.18. The molecule has 0 fully saturated rings. The first kappa shape index (κ1) is 15.9. The van der Waals surface area contributed by atoms with Crippen molar-refractivity contribution in [1.29, 1.82) is 0 Å². The van der Waals surface area contributed by atoms with Crippen molar-refractivity contribution in [2.24, 2.45) is 5.73 Å². The highest BCUT2D eigenvalue weighted by molar-refractivity contribution is 7.17. The van der Waals surface area contributed by atoms with Gasteiger partial charge in [0.1, 0.15) is 17.0 Å². The molecular weight excluding hydrogens is 328 g/mol. The molecule has 0 saturated heterocycles. The van der Waals surface area contributed by atoms with Crippen LogP contribution in [0.3, 0.4) is 0 Å². The van der Waals surface area contributed by atoms with Gasteiger partial charge in [-0.25, -0.2) is 14.8 Å². The van der Waals surface area contributed by atoms with E-state index >= 15 is 0 Å². The van der Waals surface area contributed by atoms with Crippen LogP contribution >= 0.6 is 11.3 Å². The van der Waals surface area contributed by atoms with Gasteiger partial charge in [0.15, 0.2) is 0 Å². The van der Waals surface area contributed by atoms with Crippen LogP contribution in [0.2, 0.25) is 0 Å². The molecular formula is C16H14N4O3S. The van der Waals surface area contributed by atoms with Crippen molar-refractivity contribution in [3.05, 3.63) is 47.1 Å². The molecule has 0 aliphatic carbocycles. The van der Waals surface area contributed by atoms with Crippen LogP contribution in [-0.4, -0.2) is 28.5 Å². The third-order valence-electron chi connectivity index (χ3n) is 3.30. The highest BCUT2D eigenvalue weighted by atomic mass is 32.1. The number of amides is 1. The predicted molar refractivity (Wildman–Crippen MR) is 91.6 cm³/mol. The molecule has 0 saturated carbocycles. The van der Waals surface area contributed by atoms with Gasteiger partial charge in [0, 0.05) is 16.6 Å². The van der Waals surface area contributed by atoms with Gasteiger partial charge in [-0.05, 0) is 31.2 Å². The number of hydrogen-bond donors (Lipinski definition) is 2. The molecule has 7 nitrogen and oxygen atoms in total. The Balaban J connectivity index is 1.98. The minimum atomic E-state index is -0.492. The largest absolute Gasteiger partial charge is 0.462 e. The lowest BCUT2D eigenvalue weighted by molar-refractivity contribution is 0.0529. The molecule has 0 atom stereocenters. The zero-order valence-corrected chi connectivity index (χ0v) is 13.6. The third kappa shape index (κ3) is 3.04. The van der Waals surface area contributed by atoms with Crippen molar-refractivity contribution in [1.82, 2.24) is 9.97 Å². The number of anilines is 2. The van der Waals surface area contributed by atoms with Gasteiger partial charge in [0.05, 0.1) is 17.6 Å². The Labute approximate surface area is 141 Å². The summed E-state index contributed by atoms with van der Waals surface area (Å²) >= 11 is 1.35. The summed E-state index contributed by atoms with van der Waals surface area (Å²) in [7, 11) is 0. The van der Waals surface area contributed by atoms with Gasteiger partial charge in [-0.2, -0.15) is 0 Å². The van der Waals surface area contributed by atoms with Crippen LogP contribution in [0.25, 0.3) is 10.2 Å². The summed E-state index contributed by atoms with van der Waals surface area (Å²) in [4.78, 5) is 32.3. The van der Waals surface area contributed by atoms with Crippen LogP contribution in [0.15, 0.2) is 36.0 Å². The van der Waals surface area contributed by atoms with Crippen molar-refractivity contribution in [3.63, 3.8) is 0 Å². The van der Waals surface area contributed by atoms with Gasteiger partial charge in [-0.1, -0.05) is 0 Å². The van der Waals surface area contributed by atoms with E-state index in [1.165, 1.54) is 17.7 Å². The number of nitrogens with two attached hydrogens (primary N) is 1. The van der Waals surface area contributed by atoms with E-state index in [1.807, 2.05) is 0 Å². The van der Waals surface area contributed by atoms with Crippen LogP contribution in [0.1, 0.15) is 27.6 Å². The molecule has 2 aromatic heterocycles. The van der Waals surface area contributed by atoms with Crippen molar-refractivity contribution in [2.75, 3.05) is 11.9 Å². The van der Waals surface area contributed by atoms with E-state index in [2.05, 4.69) is 15.3 Å². The smallest absolute Gasteiger partial charge is 0.339 e. The van der Waals surface area contributed by atoms with E-state index in [4.69, 9.17) is 10.5 Å². The number of nitrogens with zero attached hydrogens (tertiary/aromatic N) is 2. The van der Waals surface area contributed by atoms with Crippen molar-refractivity contribution in [3.8, 4) is 0 Å². The van der Waals surface area contributed by atoms with E-state index in [0.29, 0.717) is 39.5 Å². The molecule has 3 N–H and O–H groups in total. The Morgan fingerprint density at radius 2 is 2.00 bits per heavy atom. The number of nitrogens with one attached hydrogen (secondary N) is 1. The zero-order valence-electron chi connectivity index (χ0n) is 12.8. The summed E-state index contributed by atoms with van der Waals surface area (Å²) in [5.74, 6) is -0.407. The number of primary amides is 1. The normalized spacial score (nSPS) is 10.5. The predicted octanol–water partition coefficient (Wildman–Crippen LogP) is 2.71. The second-order valence-corrected chi connectivity index (χ2v) is 5.70. The molecule has 3 rings (SSSR count). The van der Waals surface area contributed by atoms with Gasteiger partial charge < -0.3 is 15.8 Å². The first-order chi connectivity index (χ1) is 11.6. The van der Waals surface area contributed by atoms with E-state index in [0.717, 1.165) is 0 Å². The van der Waals surface area contributed by atoms with Crippen LogP contribution in [0, 0.1) is 0 Å². The first-order valence-corrected chi connectivity index (χ1v) is 8.04. The van der Waals surface area contributed by atoms with Crippen LogP contribution in [-0.2, 0) is 4.74 Å². The summed E-state index contributed by atoms with van der Waals surface area (Å²) in [5, 5.41) is 5.45. The SMILES string of the molecule is CCOC(=O)c1csc2ncnc(Nc3ccc(C(N)=O)cc3)c12. The summed E-state index contributed by atoms with van der Waals surface area (Å²) < 4.78 is 5.07. The van der Waals surface area contributed by atoms with Gasteiger partial charge in [-0.15, -0.1) is 11.3 Å². The van der Waals surface area contributed by atoms with E-state index in [1.54, 1.807) is 36.6 Å². The molecule has 8 heteroatoms. The minimum Gasteiger partial charge on any atom is -0.462 e. The molecule has 0 bridgehead atoms. The number of carbonyl (C=O) groups is 2. The summed E-state index contributed by atoms with van der Waals surface area (Å²) in [6.45, 7) is 2.05. The number of aromatic nitrogens is 2. The van der Waals surface area contributed by atoms with Gasteiger partial charge in [0.25, 0.3) is 0 Å².